The number of carbonyl (C=O) groups excluding carboxylic acids is 1. The van der Waals surface area contributed by atoms with E-state index in [4.69, 9.17) is 14.6 Å². The van der Waals surface area contributed by atoms with E-state index in [9.17, 15) is 9.59 Å². The van der Waals surface area contributed by atoms with Gasteiger partial charge in [0.1, 0.15) is 11.5 Å². The Morgan fingerprint density at radius 1 is 1.03 bits per heavy atom. The van der Waals surface area contributed by atoms with Gasteiger partial charge in [-0.05, 0) is 48.7 Å². The monoisotopic (exact) mass is 498 g/mol. The first-order valence-corrected chi connectivity index (χ1v) is 12.1. The second kappa shape index (κ2) is 11.9. The van der Waals surface area contributed by atoms with Gasteiger partial charge in [-0.3, -0.25) is 4.79 Å². The van der Waals surface area contributed by atoms with E-state index in [0.29, 0.717) is 30.0 Å². The predicted octanol–water partition coefficient (Wildman–Crippen LogP) is 5.06. The maximum atomic E-state index is 13.5. The third kappa shape index (κ3) is 6.58. The predicted molar refractivity (Wildman–Crippen MR) is 143 cm³/mol. The number of carbonyl (C=O) groups is 2. The van der Waals surface area contributed by atoms with Crippen LogP contribution in [0.2, 0.25) is 0 Å². The number of Topliss-reactive ketones (excluding diaryl/α,β-unsaturated/α-hetero) is 1. The zero-order chi connectivity index (χ0) is 26.2. The van der Waals surface area contributed by atoms with Crippen molar-refractivity contribution < 1.29 is 24.2 Å². The summed E-state index contributed by atoms with van der Waals surface area (Å²) in [7, 11) is 1.58. The highest BCUT2D eigenvalue weighted by Crippen LogP contribution is 2.24. The van der Waals surface area contributed by atoms with Gasteiger partial charge in [0.05, 0.1) is 12.8 Å². The molecule has 1 unspecified atom stereocenters. The molecule has 0 saturated heterocycles. The molecule has 1 aliphatic rings. The van der Waals surface area contributed by atoms with Crippen molar-refractivity contribution in [2.45, 2.75) is 25.6 Å². The minimum absolute atomic E-state index is 0.0394. The molecular weight excluding hydrogens is 468 g/mol. The van der Waals surface area contributed by atoms with Crippen LogP contribution in [0.4, 0.5) is 0 Å². The largest absolute Gasteiger partial charge is 0.497 e. The second-order valence-corrected chi connectivity index (χ2v) is 8.65. The molecule has 7 nitrogen and oxygen atoms in total. The third-order valence-electron chi connectivity index (χ3n) is 5.99. The topological polar surface area (TPSA) is 88.1 Å². The van der Waals surface area contributed by atoms with Gasteiger partial charge in [0.2, 0.25) is 5.78 Å². The number of benzene rings is 3. The number of ether oxygens (including phenoxy) is 2. The van der Waals surface area contributed by atoms with E-state index in [0.717, 1.165) is 16.8 Å². The standard InChI is InChI=1S/C30H30N2O5/c1-21(30(34)35)37-26-16-8-11-22(18-26)10-6-7-17-32-20-27(23-12-4-3-5-13-23)31-29(32)28(33)24-14-9-15-25(19-24)36-2/h3-6,8-16,18-21,29,31H,7,17H2,1-2H3,(H,34,35)/b10-6+/t21-,29?/m0/s1. The number of methoxy groups -OCH3 is 1. The zero-order valence-electron chi connectivity index (χ0n) is 20.8. The number of hydrogen-bond acceptors (Lipinski definition) is 6. The van der Waals surface area contributed by atoms with Crippen LogP contribution in [0.5, 0.6) is 11.5 Å². The molecule has 0 saturated carbocycles. The van der Waals surface area contributed by atoms with Gasteiger partial charge in [-0.15, -0.1) is 0 Å². The molecular formula is C30H30N2O5. The number of nitrogens with zero attached hydrogens (tertiary/aromatic N) is 1. The summed E-state index contributed by atoms with van der Waals surface area (Å²) in [5.74, 6) is 0.0855. The number of rotatable bonds is 11. The van der Waals surface area contributed by atoms with E-state index >= 15 is 0 Å². The molecule has 0 fully saturated rings. The van der Waals surface area contributed by atoms with E-state index < -0.39 is 18.2 Å². The number of ketones is 1. The van der Waals surface area contributed by atoms with Crippen molar-refractivity contribution in [2.75, 3.05) is 13.7 Å². The first kappa shape index (κ1) is 25.6. The quantitative estimate of drug-likeness (QED) is 0.357. The van der Waals surface area contributed by atoms with Gasteiger partial charge in [0.25, 0.3) is 0 Å². The van der Waals surface area contributed by atoms with Gasteiger partial charge < -0.3 is 24.8 Å². The molecule has 0 radical (unpaired) electrons. The number of hydrogen-bond donors (Lipinski definition) is 2. The van der Waals surface area contributed by atoms with E-state index in [1.807, 2.05) is 77.8 Å². The molecule has 0 aromatic heterocycles. The smallest absolute Gasteiger partial charge is 0.344 e. The highest BCUT2D eigenvalue weighted by molar-refractivity contribution is 6.01. The van der Waals surface area contributed by atoms with E-state index in [1.54, 1.807) is 31.4 Å². The third-order valence-corrected chi connectivity index (χ3v) is 5.99. The summed E-state index contributed by atoms with van der Waals surface area (Å²) >= 11 is 0. The molecule has 0 aliphatic carbocycles. The molecule has 190 valence electrons. The minimum Gasteiger partial charge on any atom is -0.497 e. The molecule has 0 amide bonds. The highest BCUT2D eigenvalue weighted by Gasteiger charge is 2.31. The lowest BCUT2D eigenvalue weighted by atomic mass is 10.1. The van der Waals surface area contributed by atoms with Crippen LogP contribution in [-0.4, -0.2) is 47.7 Å². The number of nitrogens with one attached hydrogen (secondary N) is 1. The average Bonchev–Trinajstić information content (AvgIpc) is 3.35. The van der Waals surface area contributed by atoms with Crippen LogP contribution in [0.1, 0.15) is 34.8 Å². The fraction of sp³-hybridized carbons (Fsp3) is 0.200. The Morgan fingerprint density at radius 3 is 2.54 bits per heavy atom. The Labute approximate surface area is 216 Å². The van der Waals surface area contributed by atoms with Crippen LogP contribution in [0, 0.1) is 0 Å². The maximum absolute atomic E-state index is 13.5. The SMILES string of the molecule is COc1cccc(C(=O)C2NC(c3ccccc3)=CN2CC/C=C/c2cccc(O[C@@H](C)C(=O)O)c2)c1. The molecule has 1 heterocycles. The molecule has 37 heavy (non-hydrogen) atoms. The summed E-state index contributed by atoms with van der Waals surface area (Å²) in [5, 5.41) is 12.5. The highest BCUT2D eigenvalue weighted by atomic mass is 16.5. The lowest BCUT2D eigenvalue weighted by Gasteiger charge is -2.24. The minimum atomic E-state index is -1.01. The Morgan fingerprint density at radius 2 is 1.78 bits per heavy atom. The van der Waals surface area contributed by atoms with Crippen molar-refractivity contribution in [3.8, 4) is 11.5 Å². The van der Waals surface area contributed by atoms with Crippen LogP contribution in [0.25, 0.3) is 11.8 Å². The van der Waals surface area contributed by atoms with E-state index in [1.165, 1.54) is 6.92 Å². The van der Waals surface area contributed by atoms with Gasteiger partial charge in [-0.1, -0.05) is 66.7 Å². The fourth-order valence-corrected chi connectivity index (χ4v) is 4.02. The molecule has 3 aromatic carbocycles. The molecule has 1 aliphatic heterocycles. The number of aliphatic carboxylic acids is 1. The van der Waals surface area contributed by atoms with Gasteiger partial charge in [-0.25, -0.2) is 4.79 Å². The van der Waals surface area contributed by atoms with E-state index in [2.05, 4.69) is 5.32 Å². The van der Waals surface area contributed by atoms with Crippen LogP contribution in [0.3, 0.4) is 0 Å². The second-order valence-electron chi connectivity index (χ2n) is 8.65. The van der Waals surface area contributed by atoms with Crippen molar-refractivity contribution in [2.24, 2.45) is 0 Å². The summed E-state index contributed by atoms with van der Waals surface area (Å²) in [4.78, 5) is 26.5. The normalized spacial score (nSPS) is 15.7. The first-order valence-electron chi connectivity index (χ1n) is 12.1. The van der Waals surface area contributed by atoms with Crippen LogP contribution >= 0.6 is 0 Å². The summed E-state index contributed by atoms with van der Waals surface area (Å²) in [6.07, 6.45) is 5.22. The zero-order valence-corrected chi connectivity index (χ0v) is 20.8. The van der Waals surface area contributed by atoms with Crippen LogP contribution in [-0.2, 0) is 4.79 Å². The van der Waals surface area contributed by atoms with Gasteiger partial charge in [-0.2, -0.15) is 0 Å². The van der Waals surface area contributed by atoms with Gasteiger partial charge in [0.15, 0.2) is 12.3 Å². The molecule has 7 heteroatoms. The Kier molecular flexibility index (Phi) is 8.26. The molecule has 3 aromatic rings. The lowest BCUT2D eigenvalue weighted by Crippen LogP contribution is -2.43. The molecule has 2 N–H and O–H groups in total. The van der Waals surface area contributed by atoms with Crippen molar-refractivity contribution in [1.29, 1.82) is 0 Å². The Bertz CT molecular complexity index is 1300. The van der Waals surface area contributed by atoms with Gasteiger partial charge >= 0.3 is 5.97 Å². The molecule has 0 spiro atoms. The molecule has 0 bridgehead atoms. The van der Waals surface area contributed by atoms with Crippen LogP contribution in [0.15, 0.2) is 91.1 Å². The lowest BCUT2D eigenvalue weighted by molar-refractivity contribution is -0.144. The summed E-state index contributed by atoms with van der Waals surface area (Å²) in [6, 6.07) is 24.4. The fourth-order valence-electron chi connectivity index (χ4n) is 4.02. The van der Waals surface area contributed by atoms with E-state index in [-0.39, 0.29) is 5.78 Å². The molecule has 2 atom stereocenters. The number of carboxylic acids is 1. The molecule has 4 rings (SSSR count). The van der Waals surface area contributed by atoms with Crippen molar-refractivity contribution in [3.63, 3.8) is 0 Å². The maximum Gasteiger partial charge on any atom is 0.344 e. The number of carboxylic acid groups (broad SMARTS) is 1. The van der Waals surface area contributed by atoms with Crippen LogP contribution < -0.4 is 14.8 Å². The first-order chi connectivity index (χ1) is 17.9. The summed E-state index contributed by atoms with van der Waals surface area (Å²) in [5.41, 5.74) is 3.38. The van der Waals surface area contributed by atoms with Crippen molar-refractivity contribution in [1.82, 2.24) is 10.2 Å². The summed E-state index contributed by atoms with van der Waals surface area (Å²) in [6.45, 7) is 2.11. The summed E-state index contributed by atoms with van der Waals surface area (Å²) < 4.78 is 10.8. The average molecular weight is 499 g/mol. The van der Waals surface area contributed by atoms with Gasteiger partial charge in [0, 0.05) is 18.3 Å². The Balaban J connectivity index is 1.47. The Hall–Kier alpha value is -4.52. The van der Waals surface area contributed by atoms with Crippen molar-refractivity contribution in [3.05, 3.63) is 108 Å². The van der Waals surface area contributed by atoms with Crippen molar-refractivity contribution >= 4 is 23.5 Å².